The number of nitrogens with one attached hydrogen (secondary N) is 1. The minimum atomic E-state index is -0.621. The van der Waals surface area contributed by atoms with Crippen LogP contribution in [0.5, 0.6) is 5.75 Å². The minimum absolute atomic E-state index is 0.134. The van der Waals surface area contributed by atoms with Gasteiger partial charge in [0.15, 0.2) is 0 Å². The highest BCUT2D eigenvalue weighted by atomic mass is 16.5. The average Bonchev–Trinajstić information content (AvgIpc) is 2.53. The van der Waals surface area contributed by atoms with Crippen molar-refractivity contribution in [3.05, 3.63) is 59.7 Å². The Bertz CT molecular complexity index is 736. The molecule has 1 amide bonds. The van der Waals surface area contributed by atoms with E-state index < -0.39 is 6.09 Å². The lowest BCUT2D eigenvalue weighted by atomic mass is 9.78. The number of ether oxygens (including phenoxy) is 1. The molecule has 0 fully saturated rings. The monoisotopic (exact) mass is 308 g/mol. The van der Waals surface area contributed by atoms with Crippen LogP contribution in [0.2, 0.25) is 0 Å². The van der Waals surface area contributed by atoms with Gasteiger partial charge in [0.05, 0.1) is 0 Å². The largest absolute Gasteiger partial charge is 0.439 e. The smallest absolute Gasteiger partial charge is 0.409 e. The molecule has 2 aromatic carbocycles. The summed E-state index contributed by atoms with van der Waals surface area (Å²) < 4.78 is 5.29. The Hall–Kier alpha value is -2.62. The van der Waals surface area contributed by atoms with Crippen molar-refractivity contribution < 1.29 is 9.53 Å². The van der Waals surface area contributed by atoms with E-state index in [1.807, 2.05) is 48.5 Å². The van der Waals surface area contributed by atoms with E-state index in [1.54, 1.807) is 0 Å². The average molecular weight is 308 g/mol. The highest BCUT2D eigenvalue weighted by molar-refractivity contribution is 5.89. The van der Waals surface area contributed by atoms with E-state index in [1.165, 1.54) is 11.8 Å². The summed E-state index contributed by atoms with van der Waals surface area (Å²) >= 11 is 0. The molecule has 1 aliphatic heterocycles. The first-order valence-electron chi connectivity index (χ1n) is 7.74. The van der Waals surface area contributed by atoms with E-state index in [0.717, 1.165) is 24.2 Å². The number of rotatable bonds is 2. The Morgan fingerprint density at radius 2 is 2.00 bits per heavy atom. The van der Waals surface area contributed by atoms with Gasteiger partial charge < -0.3 is 10.1 Å². The Balaban J connectivity index is 1.71. The van der Waals surface area contributed by atoms with Crippen molar-refractivity contribution in [1.82, 2.24) is 0 Å². The SMILES string of the molecule is CC1(C)CCNc2cc(OC(=O)N=Cc3ccccc3)ccc21. The van der Waals surface area contributed by atoms with E-state index in [4.69, 9.17) is 4.74 Å². The third kappa shape index (κ3) is 3.59. The van der Waals surface area contributed by atoms with Crippen LogP contribution in [-0.4, -0.2) is 18.9 Å². The molecule has 1 aliphatic rings. The lowest BCUT2D eigenvalue weighted by molar-refractivity contribution is 0.211. The van der Waals surface area contributed by atoms with Gasteiger partial charge in [-0.15, -0.1) is 0 Å². The summed E-state index contributed by atoms with van der Waals surface area (Å²) in [6.07, 6.45) is 1.96. The van der Waals surface area contributed by atoms with Crippen LogP contribution in [0.25, 0.3) is 0 Å². The van der Waals surface area contributed by atoms with Gasteiger partial charge in [0.1, 0.15) is 5.75 Å². The molecule has 0 aliphatic carbocycles. The fraction of sp³-hybridized carbons (Fsp3) is 0.263. The third-order valence-electron chi connectivity index (χ3n) is 4.11. The van der Waals surface area contributed by atoms with Crippen LogP contribution in [0, 0.1) is 0 Å². The summed E-state index contributed by atoms with van der Waals surface area (Å²) in [7, 11) is 0. The van der Waals surface area contributed by atoms with Gasteiger partial charge in [-0.05, 0) is 29.0 Å². The maximum atomic E-state index is 11.8. The lowest BCUT2D eigenvalue weighted by Crippen LogP contribution is -2.28. The van der Waals surface area contributed by atoms with Crippen LogP contribution in [0.15, 0.2) is 53.5 Å². The Morgan fingerprint density at radius 3 is 2.78 bits per heavy atom. The van der Waals surface area contributed by atoms with Crippen molar-refractivity contribution in [2.75, 3.05) is 11.9 Å². The zero-order valence-electron chi connectivity index (χ0n) is 13.4. The van der Waals surface area contributed by atoms with Crippen LogP contribution in [0.1, 0.15) is 31.4 Å². The number of aliphatic imine (C=N–C) groups is 1. The molecule has 4 nitrogen and oxygen atoms in total. The molecule has 23 heavy (non-hydrogen) atoms. The Kier molecular flexibility index (Phi) is 4.15. The fourth-order valence-electron chi connectivity index (χ4n) is 2.76. The van der Waals surface area contributed by atoms with Crippen molar-refractivity contribution in [3.63, 3.8) is 0 Å². The normalized spacial score (nSPS) is 15.7. The molecule has 0 unspecified atom stereocenters. The van der Waals surface area contributed by atoms with Crippen LogP contribution < -0.4 is 10.1 Å². The summed E-state index contributed by atoms with van der Waals surface area (Å²) in [4.78, 5) is 15.7. The molecule has 0 radical (unpaired) electrons. The van der Waals surface area contributed by atoms with E-state index in [2.05, 4.69) is 24.2 Å². The van der Waals surface area contributed by atoms with Gasteiger partial charge in [0.25, 0.3) is 0 Å². The lowest BCUT2D eigenvalue weighted by Gasteiger charge is -2.33. The summed E-state index contributed by atoms with van der Waals surface area (Å²) in [6, 6.07) is 15.2. The van der Waals surface area contributed by atoms with Crippen molar-refractivity contribution >= 4 is 18.0 Å². The van der Waals surface area contributed by atoms with Crippen LogP contribution in [-0.2, 0) is 5.41 Å². The molecule has 3 rings (SSSR count). The third-order valence-corrected chi connectivity index (χ3v) is 4.11. The van der Waals surface area contributed by atoms with Gasteiger partial charge in [-0.2, -0.15) is 4.99 Å². The minimum Gasteiger partial charge on any atom is -0.409 e. The van der Waals surface area contributed by atoms with E-state index in [9.17, 15) is 4.79 Å². The first-order chi connectivity index (χ1) is 11.0. The van der Waals surface area contributed by atoms with Gasteiger partial charge in [-0.3, -0.25) is 0 Å². The van der Waals surface area contributed by atoms with Crippen molar-refractivity contribution in [1.29, 1.82) is 0 Å². The van der Waals surface area contributed by atoms with E-state index >= 15 is 0 Å². The molecule has 4 heteroatoms. The number of nitrogens with zero attached hydrogens (tertiary/aromatic N) is 1. The number of anilines is 1. The van der Waals surface area contributed by atoms with E-state index in [-0.39, 0.29) is 5.41 Å². The van der Waals surface area contributed by atoms with Gasteiger partial charge in [-0.25, -0.2) is 4.79 Å². The molecule has 0 saturated heterocycles. The molecule has 118 valence electrons. The van der Waals surface area contributed by atoms with Crippen LogP contribution >= 0.6 is 0 Å². The summed E-state index contributed by atoms with van der Waals surface area (Å²) in [5.74, 6) is 0.504. The topological polar surface area (TPSA) is 50.7 Å². The van der Waals surface area contributed by atoms with Crippen molar-refractivity contribution in [2.45, 2.75) is 25.7 Å². The highest BCUT2D eigenvalue weighted by Gasteiger charge is 2.27. The van der Waals surface area contributed by atoms with Gasteiger partial charge in [-0.1, -0.05) is 50.2 Å². The molecule has 0 atom stereocenters. The quantitative estimate of drug-likeness (QED) is 0.837. The van der Waals surface area contributed by atoms with Gasteiger partial charge in [0, 0.05) is 24.5 Å². The zero-order chi connectivity index (χ0) is 16.3. The second kappa shape index (κ2) is 6.24. The summed E-state index contributed by atoms with van der Waals surface area (Å²) in [5.41, 5.74) is 3.27. The molecule has 0 saturated carbocycles. The molecule has 1 N–H and O–H groups in total. The van der Waals surface area contributed by atoms with Crippen molar-refractivity contribution in [2.24, 2.45) is 4.99 Å². The molecule has 0 bridgehead atoms. The van der Waals surface area contributed by atoms with Crippen LogP contribution in [0.4, 0.5) is 10.5 Å². The molecular weight excluding hydrogens is 288 g/mol. The molecular formula is C19H20N2O2. The first-order valence-corrected chi connectivity index (χ1v) is 7.74. The summed E-state index contributed by atoms with van der Waals surface area (Å²) in [6.45, 7) is 5.37. The maximum Gasteiger partial charge on any atom is 0.439 e. The van der Waals surface area contributed by atoms with Gasteiger partial charge >= 0.3 is 6.09 Å². The van der Waals surface area contributed by atoms with E-state index in [0.29, 0.717) is 5.75 Å². The predicted octanol–water partition coefficient (Wildman–Crippen LogP) is 4.40. The molecule has 1 heterocycles. The Labute approximate surface area is 136 Å². The second-order valence-corrected chi connectivity index (χ2v) is 6.30. The Morgan fingerprint density at radius 1 is 1.22 bits per heavy atom. The predicted molar refractivity (Wildman–Crippen MR) is 92.6 cm³/mol. The molecule has 2 aromatic rings. The maximum absolute atomic E-state index is 11.8. The van der Waals surface area contributed by atoms with Gasteiger partial charge in [0.2, 0.25) is 0 Å². The summed E-state index contributed by atoms with van der Waals surface area (Å²) in [5, 5.41) is 3.36. The molecule has 0 spiro atoms. The van der Waals surface area contributed by atoms with Crippen LogP contribution in [0.3, 0.4) is 0 Å². The zero-order valence-corrected chi connectivity index (χ0v) is 13.4. The number of carbonyl (C=O) groups excluding carboxylic acids is 1. The fourth-order valence-corrected chi connectivity index (χ4v) is 2.76. The second-order valence-electron chi connectivity index (χ2n) is 6.30. The highest BCUT2D eigenvalue weighted by Crippen LogP contribution is 2.38. The van der Waals surface area contributed by atoms with Crippen molar-refractivity contribution in [3.8, 4) is 5.75 Å². The molecule has 0 aromatic heterocycles. The number of hydrogen-bond donors (Lipinski definition) is 1. The number of fused-ring (bicyclic) bond motifs is 1. The standard InChI is InChI=1S/C19H20N2O2/c1-19(2)10-11-20-17-12-15(8-9-16(17)19)23-18(22)21-13-14-6-4-3-5-7-14/h3-9,12-13,20H,10-11H2,1-2H3. The number of hydrogen-bond acceptors (Lipinski definition) is 3. The number of benzene rings is 2. The number of carbonyl (C=O) groups is 1. The first kappa shape index (κ1) is 15.3. The number of amides is 1.